The van der Waals surface area contributed by atoms with E-state index >= 15 is 0 Å². The smallest absolute Gasteiger partial charge is 0.270 e. The van der Waals surface area contributed by atoms with Crippen molar-refractivity contribution in [3.05, 3.63) is 110 Å². The predicted octanol–water partition coefficient (Wildman–Crippen LogP) is 5.73. The molecule has 0 heterocycles. The van der Waals surface area contributed by atoms with E-state index in [9.17, 15) is 20.2 Å². The first-order valence-electron chi connectivity index (χ1n) is 8.85. The van der Waals surface area contributed by atoms with Gasteiger partial charge in [-0.15, -0.1) is 0 Å². The van der Waals surface area contributed by atoms with E-state index in [0.29, 0.717) is 22.4 Å². The Balaban J connectivity index is 1.79. The molecular formula is C23H15BrN2O4. The van der Waals surface area contributed by atoms with Crippen LogP contribution >= 0.6 is 15.9 Å². The van der Waals surface area contributed by atoms with Crippen LogP contribution in [0.3, 0.4) is 0 Å². The summed E-state index contributed by atoms with van der Waals surface area (Å²) >= 11 is 3.44. The van der Waals surface area contributed by atoms with Crippen LogP contribution in [0, 0.1) is 21.4 Å². The molecule has 0 radical (unpaired) electrons. The monoisotopic (exact) mass is 462 g/mol. The molecule has 148 valence electrons. The number of non-ortho nitro benzene ring substituents is 1. The second-order valence-corrected chi connectivity index (χ2v) is 7.12. The number of carbonyl (C=O) groups excluding carboxylic acids is 1. The number of carbonyl (C=O) groups is 1. The lowest BCUT2D eigenvalue weighted by molar-refractivity contribution is -0.384. The van der Waals surface area contributed by atoms with Crippen molar-refractivity contribution in [1.82, 2.24) is 0 Å². The van der Waals surface area contributed by atoms with Crippen molar-refractivity contribution in [2.45, 2.75) is 6.61 Å². The van der Waals surface area contributed by atoms with E-state index in [-0.39, 0.29) is 16.8 Å². The topological polar surface area (TPSA) is 93.2 Å². The number of halogens is 1. The fourth-order valence-electron chi connectivity index (χ4n) is 2.69. The Bertz CT molecular complexity index is 1170. The van der Waals surface area contributed by atoms with Gasteiger partial charge in [0.15, 0.2) is 0 Å². The third kappa shape index (κ3) is 5.19. The van der Waals surface area contributed by atoms with E-state index in [1.54, 1.807) is 18.2 Å². The zero-order valence-corrected chi connectivity index (χ0v) is 17.2. The van der Waals surface area contributed by atoms with Crippen LogP contribution in [0.5, 0.6) is 5.75 Å². The number of benzene rings is 3. The molecular weight excluding hydrogens is 448 g/mol. The molecule has 0 spiro atoms. The van der Waals surface area contributed by atoms with E-state index in [1.807, 2.05) is 36.4 Å². The number of hydrogen-bond acceptors (Lipinski definition) is 5. The summed E-state index contributed by atoms with van der Waals surface area (Å²) in [5.41, 5.74) is 1.40. The number of ether oxygens (including phenoxy) is 1. The molecule has 0 aliphatic heterocycles. The largest absolute Gasteiger partial charge is 0.488 e. The van der Waals surface area contributed by atoms with Gasteiger partial charge in [0.05, 0.1) is 9.40 Å². The number of rotatable bonds is 7. The molecule has 0 atom stereocenters. The maximum Gasteiger partial charge on any atom is 0.270 e. The van der Waals surface area contributed by atoms with Crippen molar-refractivity contribution in [2.75, 3.05) is 0 Å². The summed E-state index contributed by atoms with van der Waals surface area (Å²) in [7, 11) is 0. The Morgan fingerprint density at radius 3 is 2.53 bits per heavy atom. The summed E-state index contributed by atoms with van der Waals surface area (Å²) < 4.78 is 6.47. The molecule has 7 heteroatoms. The number of nitriles is 1. The standard InChI is InChI=1S/C23H15BrN2O4/c24-21-12-17(9-10-22(21)30-15-16-5-2-1-3-6-16)11-19(14-25)23(27)18-7-4-8-20(13-18)26(28)29/h1-13H,15H2. The summed E-state index contributed by atoms with van der Waals surface area (Å²) in [4.78, 5) is 22.9. The molecule has 0 bridgehead atoms. The van der Waals surface area contributed by atoms with Crippen molar-refractivity contribution in [2.24, 2.45) is 0 Å². The highest BCUT2D eigenvalue weighted by atomic mass is 79.9. The normalized spacial score (nSPS) is 10.9. The lowest BCUT2D eigenvalue weighted by Gasteiger charge is -2.09. The Kier molecular flexibility index (Phi) is 6.73. The predicted molar refractivity (Wildman–Crippen MR) is 116 cm³/mol. The second-order valence-electron chi connectivity index (χ2n) is 6.27. The first kappa shape index (κ1) is 21.0. The lowest BCUT2D eigenvalue weighted by atomic mass is 10.0. The van der Waals surface area contributed by atoms with Gasteiger partial charge in [-0.3, -0.25) is 14.9 Å². The van der Waals surface area contributed by atoms with Crippen molar-refractivity contribution >= 4 is 33.5 Å². The molecule has 3 aromatic carbocycles. The van der Waals surface area contributed by atoms with E-state index in [1.165, 1.54) is 24.3 Å². The average Bonchev–Trinajstić information content (AvgIpc) is 2.77. The molecule has 0 aromatic heterocycles. The number of nitro benzene ring substituents is 1. The second kappa shape index (κ2) is 9.63. The van der Waals surface area contributed by atoms with Gasteiger partial charge >= 0.3 is 0 Å². The summed E-state index contributed by atoms with van der Waals surface area (Å²) in [5.74, 6) is 0.0428. The third-order valence-corrected chi connectivity index (χ3v) is 4.81. The number of Topliss-reactive ketones (excluding diaryl/α,β-unsaturated/α-hetero) is 1. The summed E-state index contributed by atoms with van der Waals surface area (Å²) in [6.45, 7) is 0.406. The highest BCUT2D eigenvalue weighted by molar-refractivity contribution is 9.10. The highest BCUT2D eigenvalue weighted by Gasteiger charge is 2.16. The zero-order valence-electron chi connectivity index (χ0n) is 15.6. The molecule has 6 nitrogen and oxygen atoms in total. The lowest BCUT2D eigenvalue weighted by Crippen LogP contribution is -2.03. The Labute approximate surface area is 181 Å². The SMILES string of the molecule is N#CC(=Cc1ccc(OCc2ccccc2)c(Br)c1)C(=O)c1cccc([N+](=O)[O-])c1. The van der Waals surface area contributed by atoms with Crippen LogP contribution < -0.4 is 4.74 Å². The molecule has 0 N–H and O–H groups in total. The molecule has 0 fully saturated rings. The summed E-state index contributed by atoms with van der Waals surface area (Å²) in [6, 6.07) is 22.1. The average molecular weight is 463 g/mol. The van der Waals surface area contributed by atoms with Gasteiger partial charge in [0.1, 0.15) is 24.0 Å². The Hall–Kier alpha value is -3.76. The molecule has 0 saturated heterocycles. The van der Waals surface area contributed by atoms with Crippen LogP contribution in [0.1, 0.15) is 21.5 Å². The van der Waals surface area contributed by atoms with Crippen LogP contribution in [0.25, 0.3) is 6.08 Å². The third-order valence-electron chi connectivity index (χ3n) is 4.19. The van der Waals surface area contributed by atoms with Crippen LogP contribution in [-0.4, -0.2) is 10.7 Å². The zero-order chi connectivity index (χ0) is 21.5. The van der Waals surface area contributed by atoms with Crippen LogP contribution in [0.15, 0.2) is 82.8 Å². The Morgan fingerprint density at radius 2 is 1.87 bits per heavy atom. The van der Waals surface area contributed by atoms with Crippen LogP contribution in [0.4, 0.5) is 5.69 Å². The van der Waals surface area contributed by atoms with Crippen molar-refractivity contribution in [3.63, 3.8) is 0 Å². The highest BCUT2D eigenvalue weighted by Crippen LogP contribution is 2.28. The molecule has 0 amide bonds. The fraction of sp³-hybridized carbons (Fsp3) is 0.0435. The van der Waals surface area contributed by atoms with Gasteiger partial charge in [-0.05, 0) is 45.3 Å². The van der Waals surface area contributed by atoms with Gasteiger partial charge in [-0.1, -0.05) is 48.5 Å². The molecule has 0 aliphatic carbocycles. The van der Waals surface area contributed by atoms with Gasteiger partial charge in [0.25, 0.3) is 5.69 Å². The van der Waals surface area contributed by atoms with Gasteiger partial charge < -0.3 is 4.74 Å². The summed E-state index contributed by atoms with van der Waals surface area (Å²) in [6.07, 6.45) is 1.44. The van der Waals surface area contributed by atoms with Crippen molar-refractivity contribution in [1.29, 1.82) is 5.26 Å². The number of ketones is 1. The van der Waals surface area contributed by atoms with Gasteiger partial charge in [0, 0.05) is 17.7 Å². The molecule has 0 aliphatic rings. The van der Waals surface area contributed by atoms with Gasteiger partial charge in [0.2, 0.25) is 5.78 Å². The maximum atomic E-state index is 12.6. The minimum atomic E-state index is -0.585. The number of nitrogens with zero attached hydrogens (tertiary/aromatic N) is 2. The van der Waals surface area contributed by atoms with Gasteiger partial charge in [-0.25, -0.2) is 0 Å². The number of hydrogen-bond donors (Lipinski definition) is 0. The number of allylic oxidation sites excluding steroid dienone is 1. The van der Waals surface area contributed by atoms with E-state index in [4.69, 9.17) is 4.74 Å². The van der Waals surface area contributed by atoms with Crippen LogP contribution in [-0.2, 0) is 6.61 Å². The molecule has 0 saturated carbocycles. The number of nitro groups is 1. The molecule has 30 heavy (non-hydrogen) atoms. The van der Waals surface area contributed by atoms with E-state index in [2.05, 4.69) is 15.9 Å². The van der Waals surface area contributed by atoms with E-state index < -0.39 is 10.7 Å². The molecule has 0 unspecified atom stereocenters. The first-order chi connectivity index (χ1) is 14.5. The molecule has 3 rings (SSSR count). The maximum absolute atomic E-state index is 12.6. The quantitative estimate of drug-likeness (QED) is 0.147. The fourth-order valence-corrected chi connectivity index (χ4v) is 3.20. The Morgan fingerprint density at radius 1 is 1.10 bits per heavy atom. The first-order valence-corrected chi connectivity index (χ1v) is 9.64. The van der Waals surface area contributed by atoms with E-state index in [0.717, 1.165) is 11.6 Å². The summed E-state index contributed by atoms with van der Waals surface area (Å²) in [5, 5.41) is 20.3. The van der Waals surface area contributed by atoms with Crippen molar-refractivity contribution < 1.29 is 14.5 Å². The van der Waals surface area contributed by atoms with Crippen LogP contribution in [0.2, 0.25) is 0 Å². The van der Waals surface area contributed by atoms with Gasteiger partial charge in [-0.2, -0.15) is 5.26 Å². The molecule has 3 aromatic rings. The minimum absolute atomic E-state index is 0.0823. The minimum Gasteiger partial charge on any atom is -0.488 e. The van der Waals surface area contributed by atoms with Crippen molar-refractivity contribution in [3.8, 4) is 11.8 Å².